The molecule has 0 aromatic carbocycles. The van der Waals surface area contributed by atoms with E-state index in [9.17, 15) is 0 Å². The van der Waals surface area contributed by atoms with Crippen LogP contribution in [0, 0.1) is 0 Å². The SMILES string of the molecule is CCCNc1nc(-c2cncn2C)nc(C(C)(C)C)c1Br. The number of halogens is 1. The van der Waals surface area contributed by atoms with Gasteiger partial charge in [0.25, 0.3) is 0 Å². The summed E-state index contributed by atoms with van der Waals surface area (Å²) in [6.07, 6.45) is 4.60. The van der Waals surface area contributed by atoms with Gasteiger partial charge in [0.1, 0.15) is 11.5 Å². The van der Waals surface area contributed by atoms with Gasteiger partial charge in [0.05, 0.1) is 22.7 Å². The number of hydrogen-bond donors (Lipinski definition) is 1. The van der Waals surface area contributed by atoms with Crippen LogP contribution in [0.25, 0.3) is 11.5 Å². The van der Waals surface area contributed by atoms with Gasteiger partial charge in [0.2, 0.25) is 0 Å². The molecule has 0 saturated heterocycles. The van der Waals surface area contributed by atoms with Crippen molar-refractivity contribution in [1.82, 2.24) is 19.5 Å². The molecule has 0 aliphatic heterocycles. The van der Waals surface area contributed by atoms with E-state index in [1.165, 1.54) is 0 Å². The Morgan fingerprint density at radius 1 is 1.29 bits per heavy atom. The fraction of sp³-hybridized carbons (Fsp3) is 0.533. The van der Waals surface area contributed by atoms with Crippen molar-refractivity contribution in [2.45, 2.75) is 39.5 Å². The fourth-order valence-corrected chi connectivity index (χ4v) is 2.90. The maximum Gasteiger partial charge on any atom is 0.180 e. The lowest BCUT2D eigenvalue weighted by Gasteiger charge is -2.22. The first-order chi connectivity index (χ1) is 9.84. The number of aromatic nitrogens is 4. The zero-order valence-corrected chi connectivity index (χ0v) is 14.8. The lowest BCUT2D eigenvalue weighted by molar-refractivity contribution is 0.564. The lowest BCUT2D eigenvalue weighted by Crippen LogP contribution is -2.18. The van der Waals surface area contributed by atoms with Crippen molar-refractivity contribution in [3.05, 3.63) is 22.7 Å². The summed E-state index contributed by atoms with van der Waals surface area (Å²) >= 11 is 3.65. The summed E-state index contributed by atoms with van der Waals surface area (Å²) in [7, 11) is 1.95. The minimum atomic E-state index is -0.0717. The second-order valence-electron chi connectivity index (χ2n) is 6.12. The molecule has 2 aromatic rings. The normalized spacial score (nSPS) is 11.7. The van der Waals surface area contributed by atoms with Crippen molar-refractivity contribution >= 4 is 21.7 Å². The van der Waals surface area contributed by atoms with Crippen molar-refractivity contribution < 1.29 is 0 Å². The molecule has 114 valence electrons. The van der Waals surface area contributed by atoms with E-state index >= 15 is 0 Å². The van der Waals surface area contributed by atoms with Crippen LogP contribution in [0.3, 0.4) is 0 Å². The predicted molar refractivity (Wildman–Crippen MR) is 89.4 cm³/mol. The van der Waals surface area contributed by atoms with E-state index in [0.717, 1.165) is 34.6 Å². The third kappa shape index (κ3) is 3.43. The molecule has 0 spiro atoms. The molecule has 5 nitrogen and oxygen atoms in total. The highest BCUT2D eigenvalue weighted by Crippen LogP contribution is 2.34. The third-order valence-corrected chi connectivity index (χ3v) is 3.90. The van der Waals surface area contributed by atoms with Crippen molar-refractivity contribution in [2.75, 3.05) is 11.9 Å². The van der Waals surface area contributed by atoms with E-state index in [-0.39, 0.29) is 5.41 Å². The minimum Gasteiger partial charge on any atom is -0.369 e. The zero-order valence-electron chi connectivity index (χ0n) is 13.2. The molecule has 0 radical (unpaired) electrons. The molecule has 2 rings (SSSR count). The molecule has 2 aromatic heterocycles. The van der Waals surface area contributed by atoms with Crippen molar-refractivity contribution in [3.63, 3.8) is 0 Å². The zero-order chi connectivity index (χ0) is 15.6. The molecule has 2 heterocycles. The van der Waals surface area contributed by atoms with E-state index in [0.29, 0.717) is 5.82 Å². The average Bonchev–Trinajstić information content (AvgIpc) is 2.82. The summed E-state index contributed by atoms with van der Waals surface area (Å²) in [5, 5.41) is 3.37. The van der Waals surface area contributed by atoms with Crippen LogP contribution < -0.4 is 5.32 Å². The van der Waals surface area contributed by atoms with Crippen molar-refractivity contribution in [3.8, 4) is 11.5 Å². The fourth-order valence-electron chi connectivity index (χ4n) is 1.99. The lowest BCUT2D eigenvalue weighted by atomic mass is 9.92. The third-order valence-electron chi connectivity index (χ3n) is 3.15. The Morgan fingerprint density at radius 2 is 2.00 bits per heavy atom. The quantitative estimate of drug-likeness (QED) is 0.910. The molecule has 0 amide bonds. The molecular weight excluding hydrogens is 330 g/mol. The Balaban J connectivity index is 2.59. The number of anilines is 1. The Hall–Kier alpha value is -1.43. The van der Waals surface area contributed by atoms with E-state index in [1.807, 2.05) is 11.6 Å². The number of nitrogens with one attached hydrogen (secondary N) is 1. The van der Waals surface area contributed by atoms with Crippen LogP contribution in [0.2, 0.25) is 0 Å². The second-order valence-corrected chi connectivity index (χ2v) is 6.92. The Bertz CT molecular complexity index is 627. The number of nitrogens with zero attached hydrogens (tertiary/aromatic N) is 4. The number of imidazole rings is 1. The highest BCUT2D eigenvalue weighted by molar-refractivity contribution is 9.10. The number of aryl methyl sites for hydroxylation is 1. The Labute approximate surface area is 134 Å². The Morgan fingerprint density at radius 3 is 2.52 bits per heavy atom. The maximum atomic E-state index is 4.76. The van der Waals surface area contributed by atoms with Crippen LogP contribution in [0.4, 0.5) is 5.82 Å². The largest absolute Gasteiger partial charge is 0.369 e. The van der Waals surface area contributed by atoms with Crippen LogP contribution in [0.1, 0.15) is 39.8 Å². The van der Waals surface area contributed by atoms with E-state index in [1.54, 1.807) is 12.5 Å². The highest BCUT2D eigenvalue weighted by Gasteiger charge is 2.24. The first-order valence-corrected chi connectivity index (χ1v) is 7.92. The van der Waals surface area contributed by atoms with Crippen LogP contribution in [-0.4, -0.2) is 26.1 Å². The van der Waals surface area contributed by atoms with Crippen LogP contribution >= 0.6 is 15.9 Å². The number of rotatable bonds is 4. The van der Waals surface area contributed by atoms with E-state index in [4.69, 9.17) is 4.98 Å². The molecule has 0 bridgehead atoms. The predicted octanol–water partition coefficient (Wildman–Crippen LogP) is 3.76. The summed E-state index contributed by atoms with van der Waals surface area (Å²) in [6.45, 7) is 9.46. The van der Waals surface area contributed by atoms with Gasteiger partial charge < -0.3 is 9.88 Å². The summed E-state index contributed by atoms with van der Waals surface area (Å²) in [5.74, 6) is 1.54. The van der Waals surface area contributed by atoms with E-state index < -0.39 is 0 Å². The van der Waals surface area contributed by atoms with Gasteiger partial charge in [-0.15, -0.1) is 0 Å². The molecule has 0 atom stereocenters. The molecule has 0 aliphatic carbocycles. The number of hydrogen-bond acceptors (Lipinski definition) is 4. The van der Waals surface area contributed by atoms with Crippen LogP contribution in [0.5, 0.6) is 0 Å². The van der Waals surface area contributed by atoms with Gasteiger partial charge in [-0.25, -0.2) is 15.0 Å². The molecule has 21 heavy (non-hydrogen) atoms. The maximum absolute atomic E-state index is 4.76. The summed E-state index contributed by atoms with van der Waals surface area (Å²) in [6, 6.07) is 0. The summed E-state index contributed by atoms with van der Waals surface area (Å²) in [5.41, 5.74) is 1.83. The minimum absolute atomic E-state index is 0.0717. The first-order valence-electron chi connectivity index (χ1n) is 7.13. The van der Waals surface area contributed by atoms with Gasteiger partial charge in [0.15, 0.2) is 5.82 Å². The molecule has 0 aliphatic rings. The van der Waals surface area contributed by atoms with Gasteiger partial charge in [-0.3, -0.25) is 0 Å². The van der Waals surface area contributed by atoms with E-state index in [2.05, 4.69) is 58.9 Å². The van der Waals surface area contributed by atoms with Gasteiger partial charge >= 0.3 is 0 Å². The molecule has 0 unspecified atom stereocenters. The van der Waals surface area contributed by atoms with Crippen molar-refractivity contribution in [1.29, 1.82) is 0 Å². The first kappa shape index (κ1) is 15.9. The molecule has 1 N–H and O–H groups in total. The molecule has 0 saturated carbocycles. The van der Waals surface area contributed by atoms with Gasteiger partial charge in [-0.2, -0.15) is 0 Å². The highest BCUT2D eigenvalue weighted by atomic mass is 79.9. The van der Waals surface area contributed by atoms with Gasteiger partial charge in [0, 0.05) is 19.0 Å². The van der Waals surface area contributed by atoms with Gasteiger partial charge in [-0.05, 0) is 22.4 Å². The van der Waals surface area contributed by atoms with Gasteiger partial charge in [-0.1, -0.05) is 27.7 Å². The van der Waals surface area contributed by atoms with Crippen LogP contribution in [-0.2, 0) is 12.5 Å². The summed E-state index contributed by atoms with van der Waals surface area (Å²) in [4.78, 5) is 13.6. The molecule has 6 heteroatoms. The molecule has 0 fully saturated rings. The van der Waals surface area contributed by atoms with Crippen LogP contribution in [0.15, 0.2) is 17.0 Å². The van der Waals surface area contributed by atoms with Crippen molar-refractivity contribution in [2.24, 2.45) is 7.05 Å². The molecular formula is C15H22BrN5. The Kier molecular flexibility index (Phi) is 4.66. The smallest absolute Gasteiger partial charge is 0.180 e. The topological polar surface area (TPSA) is 55.6 Å². The standard InChI is InChI=1S/C15H22BrN5/c1-6-7-18-14-11(16)12(15(2,3)4)19-13(20-14)10-8-17-9-21(10)5/h8-9H,6-7H2,1-5H3,(H,18,19,20). The monoisotopic (exact) mass is 351 g/mol. The second kappa shape index (κ2) is 6.13. The average molecular weight is 352 g/mol. The summed E-state index contributed by atoms with van der Waals surface area (Å²) < 4.78 is 2.87.